The molecule has 0 saturated heterocycles. The number of quaternary nitrogens is 1. The van der Waals surface area contributed by atoms with Gasteiger partial charge in [0.2, 0.25) is 0 Å². The summed E-state index contributed by atoms with van der Waals surface area (Å²) in [7, 11) is 1.73. The smallest absolute Gasteiger partial charge is 0.138 e. The topological polar surface area (TPSA) is 51.9 Å². The third-order valence-corrected chi connectivity index (χ3v) is 4.93. The summed E-state index contributed by atoms with van der Waals surface area (Å²) in [5, 5.41) is 4.91. The van der Waals surface area contributed by atoms with Crippen LogP contribution in [0.25, 0.3) is 10.8 Å². The van der Waals surface area contributed by atoms with Crippen LogP contribution in [0.5, 0.6) is 5.75 Å². The lowest BCUT2D eigenvalue weighted by Gasteiger charge is -2.30. The lowest BCUT2D eigenvalue weighted by Crippen LogP contribution is -2.91. The number of ether oxygens (including phenoxy) is 1. The van der Waals surface area contributed by atoms with Crippen molar-refractivity contribution in [3.8, 4) is 5.75 Å². The molecule has 0 bridgehead atoms. The number of hydrogen-bond acceptors (Lipinski definition) is 2. The fourth-order valence-corrected chi connectivity index (χ4v) is 3.53. The van der Waals surface area contributed by atoms with E-state index < -0.39 is 0 Å². The van der Waals surface area contributed by atoms with Gasteiger partial charge >= 0.3 is 0 Å². The summed E-state index contributed by atoms with van der Waals surface area (Å²) in [6.07, 6.45) is 4.82. The molecular formula is C19H25N2O+. The first kappa shape index (κ1) is 14.9. The van der Waals surface area contributed by atoms with Crippen LogP contribution < -0.4 is 15.8 Å². The van der Waals surface area contributed by atoms with Gasteiger partial charge in [-0.2, -0.15) is 0 Å². The van der Waals surface area contributed by atoms with Crippen molar-refractivity contribution in [1.29, 1.82) is 0 Å². The minimum Gasteiger partial charge on any atom is -0.496 e. The van der Waals surface area contributed by atoms with Crippen molar-refractivity contribution in [2.75, 3.05) is 7.11 Å². The maximum atomic E-state index is 5.90. The molecule has 116 valence electrons. The van der Waals surface area contributed by atoms with Gasteiger partial charge in [-0.05, 0) is 43.2 Å². The Bertz CT molecular complexity index is 736. The molecule has 22 heavy (non-hydrogen) atoms. The highest BCUT2D eigenvalue weighted by molar-refractivity contribution is 5.98. The largest absolute Gasteiger partial charge is 0.496 e. The zero-order valence-corrected chi connectivity index (χ0v) is 13.6. The Hall–Kier alpha value is -2.00. The van der Waals surface area contributed by atoms with Crippen molar-refractivity contribution >= 4 is 16.5 Å². The van der Waals surface area contributed by atoms with Gasteiger partial charge in [-0.1, -0.05) is 25.1 Å². The fraction of sp³-hybridized carbons (Fsp3) is 0.368. The van der Waals surface area contributed by atoms with Crippen LogP contribution in [0.15, 0.2) is 42.1 Å². The van der Waals surface area contributed by atoms with E-state index in [1.807, 2.05) is 0 Å². The number of methoxy groups -OCH3 is 1. The summed E-state index contributed by atoms with van der Waals surface area (Å²) >= 11 is 0. The molecule has 0 saturated carbocycles. The number of nitrogens with two attached hydrogens (primary N) is 2. The van der Waals surface area contributed by atoms with E-state index >= 15 is 0 Å². The first-order valence-corrected chi connectivity index (χ1v) is 7.94. The van der Waals surface area contributed by atoms with E-state index in [1.54, 1.807) is 13.3 Å². The molecule has 0 amide bonds. The van der Waals surface area contributed by atoms with E-state index in [0.717, 1.165) is 25.0 Å². The molecule has 1 aliphatic heterocycles. The minimum atomic E-state index is 0.139. The Morgan fingerprint density at radius 1 is 1.32 bits per heavy atom. The van der Waals surface area contributed by atoms with E-state index in [9.17, 15) is 0 Å². The average molecular weight is 297 g/mol. The molecule has 1 heterocycles. The molecule has 0 radical (unpaired) electrons. The lowest BCUT2D eigenvalue weighted by atomic mass is 9.84. The summed E-state index contributed by atoms with van der Waals surface area (Å²) in [4.78, 5) is 0. The number of hydrogen-bond donors (Lipinski definition) is 2. The van der Waals surface area contributed by atoms with Gasteiger partial charge < -0.3 is 15.8 Å². The van der Waals surface area contributed by atoms with Crippen LogP contribution in [0, 0.1) is 0 Å². The number of rotatable bonds is 2. The van der Waals surface area contributed by atoms with E-state index in [0.29, 0.717) is 0 Å². The molecule has 0 fully saturated rings. The maximum Gasteiger partial charge on any atom is 0.138 e. The van der Waals surface area contributed by atoms with Crippen molar-refractivity contribution in [2.45, 2.75) is 38.6 Å². The van der Waals surface area contributed by atoms with E-state index in [2.05, 4.69) is 49.5 Å². The summed E-state index contributed by atoms with van der Waals surface area (Å²) in [5.74, 6) is 0.936. The maximum absolute atomic E-state index is 5.90. The molecule has 0 aliphatic carbocycles. The van der Waals surface area contributed by atoms with Gasteiger partial charge in [0.05, 0.1) is 7.11 Å². The zero-order chi connectivity index (χ0) is 15.7. The second kappa shape index (κ2) is 5.65. The van der Waals surface area contributed by atoms with Crippen molar-refractivity contribution in [2.24, 2.45) is 5.73 Å². The molecule has 1 atom stereocenters. The van der Waals surface area contributed by atoms with Gasteiger partial charge in [-0.3, -0.25) is 0 Å². The molecule has 3 nitrogen and oxygen atoms in total. The summed E-state index contributed by atoms with van der Waals surface area (Å²) < 4.78 is 5.56. The zero-order valence-electron chi connectivity index (χ0n) is 13.6. The Labute approximate surface area is 132 Å². The molecule has 1 unspecified atom stereocenters. The van der Waals surface area contributed by atoms with Crippen LogP contribution in [0.2, 0.25) is 0 Å². The van der Waals surface area contributed by atoms with Gasteiger partial charge in [0, 0.05) is 23.3 Å². The molecule has 2 aromatic carbocycles. The molecule has 3 heteroatoms. The molecule has 0 aromatic heterocycles. The van der Waals surface area contributed by atoms with Crippen molar-refractivity contribution in [3.63, 3.8) is 0 Å². The van der Waals surface area contributed by atoms with Gasteiger partial charge in [-0.25, -0.2) is 0 Å². The standard InChI is InChI=1S/C19H24N2O/c1-4-19(2)11-13(12-20)10-14-6-5-7-15-17(22-3)9-8-16(21-19)18(14)15/h5-9,12,21H,4,10-11,20H2,1-3H3/p+1/b13-12-. The van der Waals surface area contributed by atoms with Crippen LogP contribution >= 0.6 is 0 Å². The fourth-order valence-electron chi connectivity index (χ4n) is 3.53. The van der Waals surface area contributed by atoms with Gasteiger partial charge in [0.15, 0.2) is 0 Å². The Kier molecular flexibility index (Phi) is 3.83. The Morgan fingerprint density at radius 3 is 2.82 bits per heavy atom. The van der Waals surface area contributed by atoms with Gasteiger partial charge in [0.25, 0.3) is 0 Å². The second-order valence-corrected chi connectivity index (χ2v) is 6.53. The highest BCUT2D eigenvalue weighted by Crippen LogP contribution is 2.35. The summed E-state index contributed by atoms with van der Waals surface area (Å²) in [6.45, 7) is 4.57. The highest BCUT2D eigenvalue weighted by atomic mass is 16.5. The third-order valence-electron chi connectivity index (χ3n) is 4.93. The molecule has 1 aliphatic rings. The van der Waals surface area contributed by atoms with Crippen LogP contribution in [0.4, 0.5) is 5.69 Å². The van der Waals surface area contributed by atoms with Crippen LogP contribution in [-0.2, 0) is 6.42 Å². The molecule has 0 spiro atoms. The first-order chi connectivity index (χ1) is 10.6. The van der Waals surface area contributed by atoms with Crippen molar-refractivity contribution < 1.29 is 10.1 Å². The molecule has 2 aromatic rings. The summed E-state index contributed by atoms with van der Waals surface area (Å²) in [5.41, 5.74) is 9.99. The highest BCUT2D eigenvalue weighted by Gasteiger charge is 2.31. The lowest BCUT2D eigenvalue weighted by molar-refractivity contribution is -0.650. The van der Waals surface area contributed by atoms with Crippen molar-refractivity contribution in [1.82, 2.24) is 0 Å². The van der Waals surface area contributed by atoms with E-state index in [1.165, 1.54) is 27.6 Å². The first-order valence-electron chi connectivity index (χ1n) is 7.94. The van der Waals surface area contributed by atoms with Gasteiger partial charge in [0.1, 0.15) is 17.0 Å². The predicted molar refractivity (Wildman–Crippen MR) is 91.4 cm³/mol. The average Bonchev–Trinajstić information content (AvgIpc) is 2.53. The second-order valence-electron chi connectivity index (χ2n) is 6.53. The third kappa shape index (κ3) is 2.46. The quantitative estimate of drug-likeness (QED) is 0.837. The SMILES string of the molecule is CCC1(C)C/C(=C\N)Cc2cccc3c(OC)ccc(c23)[NH2+]1. The van der Waals surface area contributed by atoms with Crippen LogP contribution in [0.1, 0.15) is 32.3 Å². The summed E-state index contributed by atoms with van der Waals surface area (Å²) in [6, 6.07) is 10.7. The minimum absolute atomic E-state index is 0.139. The Morgan fingerprint density at radius 2 is 2.14 bits per heavy atom. The number of benzene rings is 2. The van der Waals surface area contributed by atoms with Crippen LogP contribution in [0.3, 0.4) is 0 Å². The Balaban J connectivity index is 2.29. The van der Waals surface area contributed by atoms with E-state index in [-0.39, 0.29) is 5.54 Å². The monoisotopic (exact) mass is 297 g/mol. The molecule has 3 rings (SSSR count). The van der Waals surface area contributed by atoms with Crippen molar-refractivity contribution in [3.05, 3.63) is 47.7 Å². The molecular weight excluding hydrogens is 272 g/mol. The van der Waals surface area contributed by atoms with Crippen LogP contribution in [-0.4, -0.2) is 12.6 Å². The van der Waals surface area contributed by atoms with E-state index in [4.69, 9.17) is 10.5 Å². The normalized spacial score (nSPS) is 23.3. The van der Waals surface area contributed by atoms with Gasteiger partial charge in [-0.15, -0.1) is 0 Å². The predicted octanol–water partition coefficient (Wildman–Crippen LogP) is 3.00. The molecule has 4 N–H and O–H groups in total.